The van der Waals surface area contributed by atoms with Crippen molar-refractivity contribution >= 4 is 27.5 Å². The molecule has 5 heteroatoms. The van der Waals surface area contributed by atoms with E-state index in [4.69, 9.17) is 5.73 Å². The highest BCUT2D eigenvalue weighted by atomic mass is 79.9. The average molecular weight is 337 g/mol. The number of anilines is 1. The van der Waals surface area contributed by atoms with Crippen LogP contribution in [0.15, 0.2) is 46.9 Å². The summed E-state index contributed by atoms with van der Waals surface area (Å²) in [6, 6.07) is 10.9. The van der Waals surface area contributed by atoms with E-state index in [1.54, 1.807) is 6.07 Å². The van der Waals surface area contributed by atoms with Crippen LogP contribution in [0.2, 0.25) is 0 Å². The Bertz CT molecular complexity index is 646. The van der Waals surface area contributed by atoms with Crippen LogP contribution in [0.1, 0.15) is 17.2 Å². The molecule has 20 heavy (non-hydrogen) atoms. The number of nitrogens with one attached hydrogen (secondary N) is 1. The van der Waals surface area contributed by atoms with Gasteiger partial charge in [-0.05, 0) is 48.4 Å². The number of carbonyl (C=O) groups is 1. The van der Waals surface area contributed by atoms with E-state index in [9.17, 15) is 9.18 Å². The zero-order valence-electron chi connectivity index (χ0n) is 10.9. The molecule has 0 aliphatic rings. The molecule has 0 spiro atoms. The largest absolute Gasteiger partial charge is 0.370 e. The van der Waals surface area contributed by atoms with E-state index in [1.807, 2.05) is 31.2 Å². The van der Waals surface area contributed by atoms with Crippen molar-refractivity contribution in [3.63, 3.8) is 0 Å². The first-order valence-corrected chi connectivity index (χ1v) is 6.84. The fourth-order valence-corrected chi connectivity index (χ4v) is 2.37. The van der Waals surface area contributed by atoms with Crippen LogP contribution in [-0.4, -0.2) is 5.91 Å². The van der Waals surface area contributed by atoms with Crippen LogP contribution in [0.25, 0.3) is 0 Å². The topological polar surface area (TPSA) is 55.1 Å². The van der Waals surface area contributed by atoms with Gasteiger partial charge < -0.3 is 11.1 Å². The number of hydrogen-bond donors (Lipinski definition) is 2. The Hall–Kier alpha value is -1.88. The van der Waals surface area contributed by atoms with E-state index in [0.29, 0.717) is 5.56 Å². The summed E-state index contributed by atoms with van der Waals surface area (Å²) in [4.78, 5) is 11.7. The van der Waals surface area contributed by atoms with Crippen LogP contribution < -0.4 is 11.1 Å². The quantitative estimate of drug-likeness (QED) is 0.897. The molecule has 0 saturated heterocycles. The molecule has 1 atom stereocenters. The van der Waals surface area contributed by atoms with Crippen molar-refractivity contribution in [3.05, 3.63) is 63.9 Å². The average Bonchev–Trinajstić information content (AvgIpc) is 2.39. The van der Waals surface area contributed by atoms with Crippen LogP contribution in [0.5, 0.6) is 0 Å². The first-order chi connectivity index (χ1) is 9.47. The van der Waals surface area contributed by atoms with Gasteiger partial charge >= 0.3 is 0 Å². The van der Waals surface area contributed by atoms with Crippen molar-refractivity contribution in [1.82, 2.24) is 0 Å². The maximum atomic E-state index is 13.4. The first-order valence-electron chi connectivity index (χ1n) is 6.05. The minimum Gasteiger partial charge on any atom is -0.370 e. The molecule has 2 aromatic carbocycles. The summed E-state index contributed by atoms with van der Waals surface area (Å²) < 4.78 is 14.3. The van der Waals surface area contributed by atoms with Gasteiger partial charge in [0, 0.05) is 10.2 Å². The lowest BCUT2D eigenvalue weighted by Gasteiger charge is -2.19. The van der Waals surface area contributed by atoms with Gasteiger partial charge in [0.25, 0.3) is 0 Å². The number of aryl methyl sites for hydroxylation is 1. The van der Waals surface area contributed by atoms with E-state index in [-0.39, 0.29) is 0 Å². The predicted molar refractivity (Wildman–Crippen MR) is 80.8 cm³/mol. The van der Waals surface area contributed by atoms with E-state index < -0.39 is 17.8 Å². The number of rotatable bonds is 4. The molecule has 0 saturated carbocycles. The van der Waals surface area contributed by atoms with Gasteiger partial charge in [-0.3, -0.25) is 4.79 Å². The normalized spacial score (nSPS) is 11.9. The minimum atomic E-state index is -0.778. The minimum absolute atomic E-state index is 0.395. The van der Waals surface area contributed by atoms with Gasteiger partial charge in [-0.15, -0.1) is 0 Å². The molecule has 0 bridgehead atoms. The standard InChI is InChI=1S/C15H14BrFN2O/c1-9-5-6-11(17)8-13(9)14(15(18)20)19-12-4-2-3-10(16)7-12/h2-8,14,19H,1H3,(H2,18,20). The molecule has 104 valence electrons. The monoisotopic (exact) mass is 336 g/mol. The van der Waals surface area contributed by atoms with Crippen molar-refractivity contribution in [1.29, 1.82) is 0 Å². The summed E-state index contributed by atoms with van der Waals surface area (Å²) in [5.74, 6) is -0.952. The molecule has 2 rings (SSSR count). The molecule has 0 aliphatic carbocycles. The van der Waals surface area contributed by atoms with Gasteiger partial charge in [0.1, 0.15) is 11.9 Å². The van der Waals surface area contributed by atoms with Crippen molar-refractivity contribution in [2.45, 2.75) is 13.0 Å². The van der Waals surface area contributed by atoms with Crippen molar-refractivity contribution < 1.29 is 9.18 Å². The van der Waals surface area contributed by atoms with Gasteiger partial charge in [-0.25, -0.2) is 4.39 Å². The Balaban J connectivity index is 2.37. The highest BCUT2D eigenvalue weighted by Gasteiger charge is 2.20. The number of halogens is 2. The van der Waals surface area contributed by atoms with Crippen LogP contribution >= 0.6 is 15.9 Å². The zero-order chi connectivity index (χ0) is 14.7. The highest BCUT2D eigenvalue weighted by Crippen LogP contribution is 2.25. The van der Waals surface area contributed by atoms with E-state index >= 15 is 0 Å². The van der Waals surface area contributed by atoms with Crippen LogP contribution in [-0.2, 0) is 4.79 Å². The molecule has 1 amide bonds. The lowest BCUT2D eigenvalue weighted by molar-refractivity contribution is -0.118. The van der Waals surface area contributed by atoms with Crippen molar-refractivity contribution in [2.24, 2.45) is 5.73 Å². The Kier molecular flexibility index (Phi) is 4.39. The zero-order valence-corrected chi connectivity index (χ0v) is 12.4. The SMILES string of the molecule is Cc1ccc(F)cc1C(Nc1cccc(Br)c1)C(N)=O. The molecule has 1 unspecified atom stereocenters. The molecule has 0 aliphatic heterocycles. The summed E-state index contributed by atoms with van der Waals surface area (Å²) in [5.41, 5.74) is 7.51. The Morgan fingerprint density at radius 3 is 2.70 bits per heavy atom. The Morgan fingerprint density at radius 2 is 2.05 bits per heavy atom. The van der Waals surface area contributed by atoms with Gasteiger partial charge in [0.2, 0.25) is 5.91 Å². The molecule has 0 fully saturated rings. The smallest absolute Gasteiger partial charge is 0.244 e. The number of hydrogen-bond acceptors (Lipinski definition) is 2. The molecule has 2 aromatic rings. The van der Waals surface area contributed by atoms with E-state index in [1.165, 1.54) is 12.1 Å². The summed E-state index contributed by atoms with van der Waals surface area (Å²) >= 11 is 3.36. The second-order valence-corrected chi connectivity index (χ2v) is 5.41. The van der Waals surface area contributed by atoms with Crippen LogP contribution in [0.4, 0.5) is 10.1 Å². The van der Waals surface area contributed by atoms with Crippen molar-refractivity contribution in [3.8, 4) is 0 Å². The second kappa shape index (κ2) is 6.05. The number of amides is 1. The van der Waals surface area contributed by atoms with Gasteiger partial charge in [-0.1, -0.05) is 28.1 Å². The first kappa shape index (κ1) is 14.5. The Morgan fingerprint density at radius 1 is 1.30 bits per heavy atom. The molecule has 0 radical (unpaired) electrons. The summed E-state index contributed by atoms with van der Waals surface area (Å²) in [6.07, 6.45) is 0. The number of carbonyl (C=O) groups excluding carboxylic acids is 1. The maximum absolute atomic E-state index is 13.4. The van der Waals surface area contributed by atoms with Gasteiger partial charge in [-0.2, -0.15) is 0 Å². The number of benzene rings is 2. The highest BCUT2D eigenvalue weighted by molar-refractivity contribution is 9.10. The molecule has 3 nitrogen and oxygen atoms in total. The maximum Gasteiger partial charge on any atom is 0.244 e. The molecular formula is C15H14BrFN2O. The summed E-state index contributed by atoms with van der Waals surface area (Å²) in [7, 11) is 0. The van der Waals surface area contributed by atoms with Crippen LogP contribution in [0, 0.1) is 12.7 Å². The lowest BCUT2D eigenvalue weighted by Crippen LogP contribution is -2.28. The fraction of sp³-hybridized carbons (Fsp3) is 0.133. The third-order valence-electron chi connectivity index (χ3n) is 2.97. The summed E-state index contributed by atoms with van der Waals surface area (Å²) in [6.45, 7) is 1.81. The third-order valence-corrected chi connectivity index (χ3v) is 3.47. The molecule has 0 aromatic heterocycles. The molecular weight excluding hydrogens is 323 g/mol. The third kappa shape index (κ3) is 3.36. The molecule has 3 N–H and O–H groups in total. The number of nitrogens with two attached hydrogens (primary N) is 1. The Labute approximate surface area is 125 Å². The van der Waals surface area contributed by atoms with Gasteiger partial charge in [0.05, 0.1) is 0 Å². The predicted octanol–water partition coefficient (Wildman–Crippen LogP) is 3.54. The molecule has 0 heterocycles. The van der Waals surface area contributed by atoms with E-state index in [0.717, 1.165) is 15.7 Å². The van der Waals surface area contributed by atoms with Crippen LogP contribution in [0.3, 0.4) is 0 Å². The van der Waals surface area contributed by atoms with E-state index in [2.05, 4.69) is 21.2 Å². The fourth-order valence-electron chi connectivity index (χ4n) is 1.97. The number of primary amides is 1. The lowest BCUT2D eigenvalue weighted by atomic mass is 10.00. The second-order valence-electron chi connectivity index (χ2n) is 4.49. The van der Waals surface area contributed by atoms with Gasteiger partial charge in [0.15, 0.2) is 0 Å². The van der Waals surface area contributed by atoms with Crippen molar-refractivity contribution in [2.75, 3.05) is 5.32 Å². The summed E-state index contributed by atoms with van der Waals surface area (Å²) in [5, 5.41) is 3.03.